The number of anilines is 1. The average Bonchev–Trinajstić information content (AvgIpc) is 2.67. The van der Waals surface area contributed by atoms with Gasteiger partial charge in [0.25, 0.3) is 11.8 Å². The van der Waals surface area contributed by atoms with Gasteiger partial charge >= 0.3 is 6.03 Å². The molecule has 1 aliphatic heterocycles. The van der Waals surface area contributed by atoms with Crippen molar-refractivity contribution in [1.29, 1.82) is 0 Å². The van der Waals surface area contributed by atoms with Crippen LogP contribution in [0.25, 0.3) is 6.08 Å². The van der Waals surface area contributed by atoms with Gasteiger partial charge in [0.1, 0.15) is 11.3 Å². The smallest absolute Gasteiger partial charge is 0.335 e. The van der Waals surface area contributed by atoms with Crippen molar-refractivity contribution in [2.75, 3.05) is 11.5 Å². The predicted octanol–water partition coefficient (Wildman–Crippen LogP) is 3.88. The Labute approximate surface area is 163 Å². The molecule has 6 heteroatoms. The highest BCUT2D eigenvalue weighted by molar-refractivity contribution is 6.39. The van der Waals surface area contributed by atoms with Crippen molar-refractivity contribution < 1.29 is 19.1 Å². The summed E-state index contributed by atoms with van der Waals surface area (Å²) in [4.78, 5) is 38.4. The van der Waals surface area contributed by atoms with Crippen molar-refractivity contribution in [3.63, 3.8) is 0 Å². The zero-order valence-electron chi connectivity index (χ0n) is 16.1. The Morgan fingerprint density at radius 1 is 1.00 bits per heavy atom. The molecule has 0 spiro atoms. The molecule has 1 aliphatic rings. The third-order valence-corrected chi connectivity index (χ3v) is 4.42. The van der Waals surface area contributed by atoms with Crippen molar-refractivity contribution in [2.24, 2.45) is 0 Å². The Morgan fingerprint density at radius 3 is 2.21 bits per heavy atom. The molecule has 0 bridgehead atoms. The van der Waals surface area contributed by atoms with Gasteiger partial charge < -0.3 is 4.74 Å². The second kappa shape index (κ2) is 8.08. The number of ether oxygens (including phenoxy) is 1. The first-order valence-electron chi connectivity index (χ1n) is 9.15. The fourth-order valence-electron chi connectivity index (χ4n) is 2.89. The standard InChI is InChI=1S/C22H22N2O4/c1-4-28-18-11-5-15(6-12-18)13-19-20(25)23-22(27)24(21(19)26)17-9-7-16(8-10-17)14(2)3/h5-14H,4H2,1-3H3,(H,23,25,27)/b19-13-. The summed E-state index contributed by atoms with van der Waals surface area (Å²) in [5.74, 6) is -0.332. The van der Waals surface area contributed by atoms with Gasteiger partial charge in [0.2, 0.25) is 0 Å². The van der Waals surface area contributed by atoms with E-state index in [9.17, 15) is 14.4 Å². The molecule has 0 unspecified atom stereocenters. The first-order chi connectivity index (χ1) is 13.4. The van der Waals surface area contributed by atoms with Crippen molar-refractivity contribution in [1.82, 2.24) is 5.32 Å². The SMILES string of the molecule is CCOc1ccc(/C=C2/C(=O)NC(=O)N(c3ccc(C(C)C)cc3)C2=O)cc1. The highest BCUT2D eigenvalue weighted by Crippen LogP contribution is 2.24. The number of hydrogen-bond donors (Lipinski definition) is 1. The van der Waals surface area contributed by atoms with Gasteiger partial charge in [-0.25, -0.2) is 9.69 Å². The summed E-state index contributed by atoms with van der Waals surface area (Å²) < 4.78 is 5.39. The monoisotopic (exact) mass is 378 g/mol. The van der Waals surface area contributed by atoms with E-state index in [1.54, 1.807) is 36.4 Å². The molecule has 2 aromatic rings. The zero-order chi connectivity index (χ0) is 20.3. The molecule has 28 heavy (non-hydrogen) atoms. The number of carbonyl (C=O) groups excluding carboxylic acids is 3. The van der Waals surface area contributed by atoms with Crippen LogP contribution in [0.1, 0.15) is 37.8 Å². The number of nitrogens with one attached hydrogen (secondary N) is 1. The molecule has 0 atom stereocenters. The lowest BCUT2D eigenvalue weighted by molar-refractivity contribution is -0.122. The number of imide groups is 2. The molecule has 1 N–H and O–H groups in total. The number of urea groups is 1. The molecule has 0 aromatic heterocycles. The van der Waals surface area contributed by atoms with Crippen LogP contribution in [-0.2, 0) is 9.59 Å². The van der Waals surface area contributed by atoms with Gasteiger partial charge in [-0.2, -0.15) is 0 Å². The molecule has 6 nitrogen and oxygen atoms in total. The van der Waals surface area contributed by atoms with Gasteiger partial charge in [-0.1, -0.05) is 38.1 Å². The van der Waals surface area contributed by atoms with Crippen LogP contribution in [0.15, 0.2) is 54.1 Å². The molecular weight excluding hydrogens is 356 g/mol. The normalized spacial score (nSPS) is 15.9. The molecular formula is C22H22N2O4. The van der Waals surface area contributed by atoms with E-state index in [1.165, 1.54) is 6.08 Å². The maximum absolute atomic E-state index is 12.9. The van der Waals surface area contributed by atoms with E-state index in [0.29, 0.717) is 29.5 Å². The van der Waals surface area contributed by atoms with E-state index < -0.39 is 17.8 Å². The number of barbiturate groups is 1. The Morgan fingerprint density at radius 2 is 1.64 bits per heavy atom. The van der Waals surface area contributed by atoms with Crippen molar-refractivity contribution in [2.45, 2.75) is 26.7 Å². The third-order valence-electron chi connectivity index (χ3n) is 4.42. The summed E-state index contributed by atoms with van der Waals surface area (Å²) in [5, 5.41) is 2.23. The van der Waals surface area contributed by atoms with E-state index in [2.05, 4.69) is 19.2 Å². The molecule has 4 amide bonds. The largest absolute Gasteiger partial charge is 0.494 e. The Balaban J connectivity index is 1.91. The second-order valence-corrected chi connectivity index (χ2v) is 6.71. The van der Waals surface area contributed by atoms with Crippen molar-refractivity contribution in [3.8, 4) is 5.75 Å². The quantitative estimate of drug-likeness (QED) is 0.633. The van der Waals surface area contributed by atoms with E-state index in [-0.39, 0.29) is 5.57 Å². The molecule has 3 rings (SSSR count). The molecule has 0 radical (unpaired) electrons. The minimum Gasteiger partial charge on any atom is -0.494 e. The van der Waals surface area contributed by atoms with Gasteiger partial charge in [0.05, 0.1) is 12.3 Å². The number of carbonyl (C=O) groups is 3. The van der Waals surface area contributed by atoms with Crippen LogP contribution in [0.4, 0.5) is 10.5 Å². The van der Waals surface area contributed by atoms with Gasteiger partial charge in [-0.3, -0.25) is 14.9 Å². The van der Waals surface area contributed by atoms with Gasteiger partial charge in [0, 0.05) is 0 Å². The second-order valence-electron chi connectivity index (χ2n) is 6.71. The molecule has 2 aromatic carbocycles. The first-order valence-corrected chi connectivity index (χ1v) is 9.15. The van der Waals surface area contributed by atoms with Crippen LogP contribution in [0, 0.1) is 0 Å². The summed E-state index contributed by atoms with van der Waals surface area (Å²) in [6, 6.07) is 13.4. The molecule has 1 heterocycles. The van der Waals surface area contributed by atoms with Gasteiger partial charge in [-0.05, 0) is 54.3 Å². The number of hydrogen-bond acceptors (Lipinski definition) is 4. The third kappa shape index (κ3) is 3.96. The van der Waals surface area contributed by atoms with Crippen LogP contribution in [0.2, 0.25) is 0 Å². The minimum absolute atomic E-state index is 0.100. The maximum Gasteiger partial charge on any atom is 0.335 e. The van der Waals surface area contributed by atoms with Gasteiger partial charge in [0.15, 0.2) is 0 Å². The van der Waals surface area contributed by atoms with Crippen LogP contribution in [-0.4, -0.2) is 24.5 Å². The Hall–Kier alpha value is -3.41. The van der Waals surface area contributed by atoms with Crippen LogP contribution < -0.4 is 15.0 Å². The minimum atomic E-state index is -0.754. The highest BCUT2D eigenvalue weighted by atomic mass is 16.5. The van der Waals surface area contributed by atoms with Crippen molar-refractivity contribution in [3.05, 3.63) is 65.2 Å². The highest BCUT2D eigenvalue weighted by Gasteiger charge is 2.36. The van der Waals surface area contributed by atoms with Crippen molar-refractivity contribution >= 4 is 29.6 Å². The van der Waals surface area contributed by atoms with E-state index in [4.69, 9.17) is 4.74 Å². The summed E-state index contributed by atoms with van der Waals surface area (Å²) in [6.45, 7) is 6.56. The lowest BCUT2D eigenvalue weighted by Crippen LogP contribution is -2.54. The average molecular weight is 378 g/mol. The number of nitrogens with zero attached hydrogens (tertiary/aromatic N) is 1. The topological polar surface area (TPSA) is 75.7 Å². The fraction of sp³-hybridized carbons (Fsp3) is 0.227. The van der Waals surface area contributed by atoms with E-state index in [1.807, 2.05) is 19.1 Å². The fourth-order valence-corrected chi connectivity index (χ4v) is 2.89. The summed E-state index contributed by atoms with van der Waals surface area (Å²) in [5.41, 5.74) is 2.06. The lowest BCUT2D eigenvalue weighted by atomic mass is 10.0. The molecule has 0 aliphatic carbocycles. The molecule has 1 saturated heterocycles. The number of rotatable bonds is 5. The van der Waals surface area contributed by atoms with Crippen LogP contribution >= 0.6 is 0 Å². The summed E-state index contributed by atoms with van der Waals surface area (Å²) in [7, 11) is 0. The van der Waals surface area contributed by atoms with Crippen LogP contribution in [0.5, 0.6) is 5.75 Å². The molecule has 0 saturated carbocycles. The van der Waals surface area contributed by atoms with Crippen LogP contribution in [0.3, 0.4) is 0 Å². The first kappa shape index (κ1) is 19.4. The molecule has 144 valence electrons. The number of amides is 4. The molecule has 1 fully saturated rings. The zero-order valence-corrected chi connectivity index (χ0v) is 16.1. The summed E-state index contributed by atoms with van der Waals surface area (Å²) in [6.07, 6.45) is 1.47. The van der Waals surface area contributed by atoms with E-state index >= 15 is 0 Å². The van der Waals surface area contributed by atoms with E-state index in [0.717, 1.165) is 10.5 Å². The number of benzene rings is 2. The lowest BCUT2D eigenvalue weighted by Gasteiger charge is -2.26. The maximum atomic E-state index is 12.9. The Kier molecular flexibility index (Phi) is 5.59. The Bertz CT molecular complexity index is 928. The van der Waals surface area contributed by atoms with Gasteiger partial charge in [-0.15, -0.1) is 0 Å². The predicted molar refractivity (Wildman–Crippen MR) is 107 cm³/mol. The summed E-state index contributed by atoms with van der Waals surface area (Å²) >= 11 is 0.